The molecule has 1 aromatic rings. The predicted molar refractivity (Wildman–Crippen MR) is 117 cm³/mol. The summed E-state index contributed by atoms with van der Waals surface area (Å²) in [6.45, 7) is 6.85. The van der Waals surface area contributed by atoms with Gasteiger partial charge in [-0.25, -0.2) is 8.78 Å². The van der Waals surface area contributed by atoms with Crippen LogP contribution in [0.2, 0.25) is 0 Å². The first-order chi connectivity index (χ1) is 14.4. The first-order valence-electron chi connectivity index (χ1n) is 10.9. The summed E-state index contributed by atoms with van der Waals surface area (Å²) in [5.41, 5.74) is 2.33. The highest BCUT2D eigenvalue weighted by Gasteiger charge is 2.34. The van der Waals surface area contributed by atoms with Gasteiger partial charge in [0.15, 0.2) is 0 Å². The van der Waals surface area contributed by atoms with Gasteiger partial charge in [-0.1, -0.05) is 26.7 Å². The monoisotopic (exact) mass is 414 g/mol. The largest absolute Gasteiger partial charge is 0.308 e. The van der Waals surface area contributed by atoms with Crippen molar-refractivity contribution in [3.05, 3.63) is 71.0 Å². The number of nitrogens with zero attached hydrogens (tertiary/aromatic N) is 2. The second kappa shape index (κ2) is 10.2. The van der Waals surface area contributed by atoms with Gasteiger partial charge >= 0.3 is 0 Å². The van der Waals surface area contributed by atoms with E-state index in [4.69, 9.17) is 0 Å². The molecular formula is C25H32F2N2O. The Morgan fingerprint density at radius 3 is 2.43 bits per heavy atom. The maximum atomic E-state index is 13.7. The molecule has 5 heteroatoms. The minimum absolute atomic E-state index is 0.171. The van der Waals surface area contributed by atoms with Gasteiger partial charge in [0.2, 0.25) is 0 Å². The van der Waals surface area contributed by atoms with Crippen LogP contribution >= 0.6 is 0 Å². The molecule has 30 heavy (non-hydrogen) atoms. The fourth-order valence-electron chi connectivity index (χ4n) is 3.62. The van der Waals surface area contributed by atoms with Crippen molar-refractivity contribution in [3.8, 4) is 0 Å². The third-order valence-electron chi connectivity index (χ3n) is 6.03. The number of amides is 1. The SMILES string of the molecule is CC1CC1.CCN(C)CCC1CN(C(=O)c2ccc(F)cc2)C2=C1CC=C(F)C=C2. The van der Waals surface area contributed by atoms with Crippen LogP contribution in [-0.4, -0.2) is 42.4 Å². The molecule has 1 unspecified atom stereocenters. The molecule has 1 heterocycles. The molecule has 162 valence electrons. The highest BCUT2D eigenvalue weighted by molar-refractivity contribution is 5.96. The molecule has 1 amide bonds. The van der Waals surface area contributed by atoms with Gasteiger partial charge in [0, 0.05) is 23.7 Å². The molecule has 0 aromatic heterocycles. The lowest BCUT2D eigenvalue weighted by atomic mass is 9.94. The van der Waals surface area contributed by atoms with Crippen LogP contribution in [-0.2, 0) is 0 Å². The minimum Gasteiger partial charge on any atom is -0.308 e. The molecule has 3 aliphatic rings. The summed E-state index contributed by atoms with van der Waals surface area (Å²) in [5.74, 6) is 0.466. The lowest BCUT2D eigenvalue weighted by Gasteiger charge is -2.21. The van der Waals surface area contributed by atoms with Crippen LogP contribution in [0.25, 0.3) is 0 Å². The average molecular weight is 415 g/mol. The van der Waals surface area contributed by atoms with Crippen LogP contribution in [0.3, 0.4) is 0 Å². The molecule has 0 N–H and O–H groups in total. The van der Waals surface area contributed by atoms with Crippen LogP contribution in [0.1, 0.15) is 49.9 Å². The van der Waals surface area contributed by atoms with E-state index < -0.39 is 0 Å². The average Bonchev–Trinajstić information content (AvgIpc) is 3.49. The van der Waals surface area contributed by atoms with Gasteiger partial charge in [0.1, 0.15) is 11.6 Å². The Labute approximate surface area is 178 Å². The summed E-state index contributed by atoms with van der Waals surface area (Å²) < 4.78 is 26.9. The second-order valence-electron chi connectivity index (χ2n) is 8.52. The molecule has 4 rings (SSSR count). The van der Waals surface area contributed by atoms with Crippen LogP contribution in [0.4, 0.5) is 8.78 Å². The number of hydrogen-bond acceptors (Lipinski definition) is 2. The van der Waals surface area contributed by atoms with Gasteiger partial charge < -0.3 is 9.80 Å². The topological polar surface area (TPSA) is 23.6 Å². The Morgan fingerprint density at radius 2 is 1.83 bits per heavy atom. The van der Waals surface area contributed by atoms with Gasteiger partial charge in [-0.3, -0.25) is 4.79 Å². The molecule has 1 saturated carbocycles. The highest BCUT2D eigenvalue weighted by Crippen LogP contribution is 2.37. The first kappa shape index (κ1) is 22.4. The molecule has 1 aromatic carbocycles. The molecule has 1 aliphatic heterocycles. The molecule has 0 bridgehead atoms. The van der Waals surface area contributed by atoms with Crippen molar-refractivity contribution in [2.75, 3.05) is 26.7 Å². The Morgan fingerprint density at radius 1 is 1.17 bits per heavy atom. The van der Waals surface area contributed by atoms with Crippen LogP contribution in [0, 0.1) is 17.7 Å². The molecule has 1 atom stereocenters. The Bertz CT molecular complexity index is 837. The number of carbonyl (C=O) groups is 1. The number of benzene rings is 1. The molecule has 0 saturated heterocycles. The second-order valence-corrected chi connectivity index (χ2v) is 8.52. The summed E-state index contributed by atoms with van der Waals surface area (Å²) in [4.78, 5) is 16.9. The first-order valence-corrected chi connectivity index (χ1v) is 10.9. The fraction of sp³-hybridized carbons (Fsp3) is 0.480. The van der Waals surface area contributed by atoms with Crippen molar-refractivity contribution in [3.63, 3.8) is 0 Å². The standard InChI is InChI=1S/C21H24F2N2O.C4H8/c1-3-24(2)13-12-16-14-25(20-11-9-18(23)8-10-19(16)20)21(26)15-4-6-17(22)7-5-15;1-4-2-3-4/h4-9,11,16H,3,10,12-14H2,1-2H3;4H,2-3H2,1H3. The summed E-state index contributed by atoms with van der Waals surface area (Å²) in [5, 5.41) is 0. The van der Waals surface area contributed by atoms with E-state index in [9.17, 15) is 13.6 Å². The van der Waals surface area contributed by atoms with Gasteiger partial charge in [0.25, 0.3) is 5.91 Å². The maximum absolute atomic E-state index is 13.7. The van der Waals surface area contributed by atoms with Crippen LogP contribution < -0.4 is 0 Å². The predicted octanol–water partition coefficient (Wildman–Crippen LogP) is 5.72. The number of rotatable bonds is 5. The molecule has 0 radical (unpaired) electrons. The van der Waals surface area contributed by atoms with Gasteiger partial charge in [-0.15, -0.1) is 0 Å². The Kier molecular flexibility index (Phi) is 7.59. The molecule has 3 nitrogen and oxygen atoms in total. The number of halogens is 2. The smallest absolute Gasteiger partial charge is 0.258 e. The van der Waals surface area contributed by atoms with Crippen molar-refractivity contribution in [2.45, 2.75) is 39.5 Å². The summed E-state index contributed by atoms with van der Waals surface area (Å²) in [6, 6.07) is 5.57. The third kappa shape index (κ3) is 5.88. The minimum atomic E-state index is -0.371. The van der Waals surface area contributed by atoms with E-state index >= 15 is 0 Å². The van der Waals surface area contributed by atoms with Crippen LogP contribution in [0.15, 0.2) is 59.6 Å². The number of carbonyl (C=O) groups excluding carboxylic acids is 1. The number of hydrogen-bond donors (Lipinski definition) is 0. The zero-order valence-electron chi connectivity index (χ0n) is 18.2. The van der Waals surface area contributed by atoms with E-state index in [1.807, 2.05) is 0 Å². The zero-order chi connectivity index (χ0) is 21.7. The molecule has 0 spiro atoms. The maximum Gasteiger partial charge on any atom is 0.258 e. The lowest BCUT2D eigenvalue weighted by molar-refractivity contribution is 0.0812. The van der Waals surface area contributed by atoms with E-state index in [1.54, 1.807) is 17.1 Å². The molecular weight excluding hydrogens is 382 g/mol. The van der Waals surface area contributed by atoms with Gasteiger partial charge in [0.05, 0.1) is 0 Å². The Balaban J connectivity index is 0.000000572. The van der Waals surface area contributed by atoms with E-state index in [2.05, 4.69) is 25.8 Å². The quantitative estimate of drug-likeness (QED) is 0.615. The summed E-state index contributed by atoms with van der Waals surface area (Å²) in [7, 11) is 2.07. The van der Waals surface area contributed by atoms with E-state index in [1.165, 1.54) is 43.2 Å². The van der Waals surface area contributed by atoms with Crippen molar-refractivity contribution < 1.29 is 13.6 Å². The number of allylic oxidation sites excluding steroid dienone is 4. The normalized spacial score (nSPS) is 20.5. The van der Waals surface area contributed by atoms with Gasteiger partial charge in [-0.05, 0) is 87.0 Å². The van der Waals surface area contributed by atoms with E-state index in [0.29, 0.717) is 18.5 Å². The van der Waals surface area contributed by atoms with Crippen LogP contribution in [0.5, 0.6) is 0 Å². The van der Waals surface area contributed by atoms with Crippen molar-refractivity contribution in [2.24, 2.45) is 11.8 Å². The Hall–Kier alpha value is -2.27. The summed E-state index contributed by atoms with van der Waals surface area (Å²) in [6.07, 6.45) is 9.08. The van der Waals surface area contributed by atoms with Crippen molar-refractivity contribution in [1.82, 2.24) is 9.80 Å². The lowest BCUT2D eigenvalue weighted by Crippen LogP contribution is -2.30. The molecule has 1 fully saturated rings. The fourth-order valence-corrected chi connectivity index (χ4v) is 3.62. The highest BCUT2D eigenvalue weighted by atomic mass is 19.1. The van der Waals surface area contributed by atoms with Gasteiger partial charge in [-0.2, -0.15) is 0 Å². The van der Waals surface area contributed by atoms with E-state index in [-0.39, 0.29) is 23.5 Å². The molecule has 2 aliphatic carbocycles. The van der Waals surface area contributed by atoms with Crippen molar-refractivity contribution >= 4 is 5.91 Å². The van der Waals surface area contributed by atoms with Crippen molar-refractivity contribution in [1.29, 1.82) is 0 Å². The summed E-state index contributed by atoms with van der Waals surface area (Å²) >= 11 is 0. The third-order valence-corrected chi connectivity index (χ3v) is 6.03. The zero-order valence-corrected chi connectivity index (χ0v) is 18.2. The van der Waals surface area contributed by atoms with E-state index in [0.717, 1.165) is 36.7 Å².